The maximum Gasteiger partial charge on any atom is 0.261 e. The first-order chi connectivity index (χ1) is 10.3. The van der Waals surface area contributed by atoms with Gasteiger partial charge < -0.3 is 24.1 Å². The lowest BCUT2D eigenvalue weighted by atomic mass is 10.2. The number of nitrogens with one attached hydrogen (secondary N) is 1. The summed E-state index contributed by atoms with van der Waals surface area (Å²) in [6.45, 7) is 2.02. The zero-order valence-corrected chi connectivity index (χ0v) is 12.0. The van der Waals surface area contributed by atoms with Crippen LogP contribution < -0.4 is 14.8 Å². The summed E-state index contributed by atoms with van der Waals surface area (Å²) < 4.78 is 21.3. The number of hydrogen-bond acceptors (Lipinski definition) is 7. The van der Waals surface area contributed by atoms with E-state index in [0.717, 1.165) is 12.1 Å². The molecular formula is C14H17N3O4. The SMILES string of the molecule is COc1ccc(-c2nc(C3COCCN3)no2)c(OC)c1. The summed E-state index contributed by atoms with van der Waals surface area (Å²) in [5, 5.41) is 7.30. The fourth-order valence-corrected chi connectivity index (χ4v) is 2.19. The van der Waals surface area contributed by atoms with Gasteiger partial charge in [-0.05, 0) is 12.1 Å². The fourth-order valence-electron chi connectivity index (χ4n) is 2.19. The minimum atomic E-state index is -0.0412. The number of benzene rings is 1. The van der Waals surface area contributed by atoms with Crippen LogP contribution in [0.5, 0.6) is 11.5 Å². The molecule has 21 heavy (non-hydrogen) atoms. The summed E-state index contributed by atoms with van der Waals surface area (Å²) in [7, 11) is 3.19. The first kappa shape index (κ1) is 13.8. The first-order valence-corrected chi connectivity index (χ1v) is 6.69. The molecule has 1 unspecified atom stereocenters. The van der Waals surface area contributed by atoms with E-state index < -0.39 is 0 Å². The molecule has 3 rings (SSSR count). The largest absolute Gasteiger partial charge is 0.497 e. The summed E-state index contributed by atoms with van der Waals surface area (Å²) in [5.41, 5.74) is 0.730. The monoisotopic (exact) mass is 291 g/mol. The lowest BCUT2D eigenvalue weighted by molar-refractivity contribution is 0.0734. The van der Waals surface area contributed by atoms with Gasteiger partial charge in [0.25, 0.3) is 5.89 Å². The maximum atomic E-state index is 5.40. The van der Waals surface area contributed by atoms with E-state index in [9.17, 15) is 0 Å². The van der Waals surface area contributed by atoms with Crippen LogP contribution in [0.4, 0.5) is 0 Å². The third kappa shape index (κ3) is 2.84. The molecule has 7 nitrogen and oxygen atoms in total. The number of rotatable bonds is 4. The van der Waals surface area contributed by atoms with Gasteiger partial charge in [0.2, 0.25) is 0 Å². The molecule has 0 radical (unpaired) electrons. The number of hydrogen-bond donors (Lipinski definition) is 1. The summed E-state index contributed by atoms with van der Waals surface area (Å²) >= 11 is 0. The minimum absolute atomic E-state index is 0.0412. The predicted octanol–water partition coefficient (Wildman–Crippen LogP) is 1.41. The van der Waals surface area contributed by atoms with Crippen molar-refractivity contribution in [2.24, 2.45) is 0 Å². The van der Waals surface area contributed by atoms with E-state index >= 15 is 0 Å². The molecule has 1 aromatic heterocycles. The summed E-state index contributed by atoms with van der Waals surface area (Å²) in [6, 6.07) is 5.39. The molecule has 2 heterocycles. The van der Waals surface area contributed by atoms with Crippen LogP contribution in [0.3, 0.4) is 0 Å². The lowest BCUT2D eigenvalue weighted by Gasteiger charge is -2.20. The summed E-state index contributed by atoms with van der Waals surface area (Å²) in [6.07, 6.45) is 0. The molecule has 0 amide bonds. The van der Waals surface area contributed by atoms with Crippen molar-refractivity contribution in [3.8, 4) is 23.0 Å². The molecule has 1 fully saturated rings. The standard InChI is InChI=1S/C14H17N3O4/c1-18-9-3-4-10(12(7-9)19-2)14-16-13(17-21-14)11-8-20-6-5-15-11/h3-4,7,11,15H,5-6,8H2,1-2H3. The maximum absolute atomic E-state index is 5.40. The van der Waals surface area contributed by atoms with Crippen LogP contribution in [0.1, 0.15) is 11.9 Å². The molecule has 1 saturated heterocycles. The molecule has 0 aliphatic carbocycles. The van der Waals surface area contributed by atoms with E-state index in [-0.39, 0.29) is 6.04 Å². The van der Waals surface area contributed by atoms with Gasteiger partial charge in [-0.1, -0.05) is 5.16 Å². The quantitative estimate of drug-likeness (QED) is 0.912. The Morgan fingerprint density at radius 1 is 1.29 bits per heavy atom. The topological polar surface area (TPSA) is 78.6 Å². The van der Waals surface area contributed by atoms with Crippen molar-refractivity contribution < 1.29 is 18.7 Å². The van der Waals surface area contributed by atoms with E-state index in [1.807, 2.05) is 12.1 Å². The average molecular weight is 291 g/mol. The summed E-state index contributed by atoms with van der Waals surface area (Å²) in [4.78, 5) is 4.43. The predicted molar refractivity (Wildman–Crippen MR) is 74.4 cm³/mol. The van der Waals surface area contributed by atoms with E-state index in [2.05, 4.69) is 15.5 Å². The Kier molecular flexibility index (Phi) is 4.03. The van der Waals surface area contributed by atoms with Gasteiger partial charge in [0.1, 0.15) is 11.5 Å². The van der Waals surface area contributed by atoms with Gasteiger partial charge in [0.05, 0.1) is 39.0 Å². The Bertz CT molecular complexity index is 608. The minimum Gasteiger partial charge on any atom is -0.497 e. The Labute approximate surface area is 122 Å². The second kappa shape index (κ2) is 6.11. The highest BCUT2D eigenvalue weighted by Crippen LogP contribution is 2.32. The molecule has 0 saturated carbocycles. The Morgan fingerprint density at radius 2 is 2.19 bits per heavy atom. The van der Waals surface area contributed by atoms with Crippen molar-refractivity contribution in [3.05, 3.63) is 24.0 Å². The molecule has 7 heteroatoms. The zero-order valence-electron chi connectivity index (χ0n) is 12.0. The van der Waals surface area contributed by atoms with Crippen molar-refractivity contribution in [1.82, 2.24) is 15.5 Å². The number of ether oxygens (including phenoxy) is 3. The molecule has 1 atom stereocenters. The van der Waals surface area contributed by atoms with Crippen LogP contribution in [0.2, 0.25) is 0 Å². The number of morpholine rings is 1. The van der Waals surface area contributed by atoms with Crippen LogP contribution in [-0.2, 0) is 4.74 Å². The van der Waals surface area contributed by atoms with Crippen molar-refractivity contribution >= 4 is 0 Å². The van der Waals surface area contributed by atoms with Crippen LogP contribution in [0, 0.1) is 0 Å². The fraction of sp³-hybridized carbons (Fsp3) is 0.429. The van der Waals surface area contributed by atoms with Crippen LogP contribution in [0.15, 0.2) is 22.7 Å². The lowest BCUT2D eigenvalue weighted by Crippen LogP contribution is -2.35. The number of nitrogens with zero attached hydrogens (tertiary/aromatic N) is 2. The molecular weight excluding hydrogens is 274 g/mol. The van der Waals surface area contributed by atoms with Gasteiger partial charge in [-0.3, -0.25) is 0 Å². The molecule has 1 aliphatic rings. The molecule has 0 spiro atoms. The van der Waals surface area contributed by atoms with Gasteiger partial charge in [-0.15, -0.1) is 0 Å². The van der Waals surface area contributed by atoms with E-state index in [0.29, 0.717) is 36.4 Å². The molecule has 2 aromatic rings. The highest BCUT2D eigenvalue weighted by molar-refractivity contribution is 5.64. The molecule has 1 N–H and O–H groups in total. The third-order valence-corrected chi connectivity index (χ3v) is 3.31. The van der Waals surface area contributed by atoms with Gasteiger partial charge in [-0.2, -0.15) is 4.98 Å². The first-order valence-electron chi connectivity index (χ1n) is 6.69. The normalized spacial score (nSPS) is 18.5. The average Bonchev–Trinajstić information content (AvgIpc) is 3.04. The third-order valence-electron chi connectivity index (χ3n) is 3.31. The second-order valence-corrected chi connectivity index (χ2v) is 4.61. The molecule has 1 aliphatic heterocycles. The van der Waals surface area contributed by atoms with Crippen LogP contribution in [-0.4, -0.2) is 44.1 Å². The summed E-state index contributed by atoms with van der Waals surface area (Å²) in [5.74, 6) is 2.33. The van der Waals surface area contributed by atoms with Gasteiger partial charge >= 0.3 is 0 Å². The van der Waals surface area contributed by atoms with Gasteiger partial charge in [0, 0.05) is 12.6 Å². The highest BCUT2D eigenvalue weighted by atomic mass is 16.5. The second-order valence-electron chi connectivity index (χ2n) is 4.61. The van der Waals surface area contributed by atoms with E-state index in [1.54, 1.807) is 20.3 Å². The van der Waals surface area contributed by atoms with Crippen molar-refractivity contribution in [2.45, 2.75) is 6.04 Å². The van der Waals surface area contributed by atoms with Crippen LogP contribution >= 0.6 is 0 Å². The van der Waals surface area contributed by atoms with Gasteiger partial charge in [0.15, 0.2) is 5.82 Å². The van der Waals surface area contributed by atoms with Crippen molar-refractivity contribution in [3.63, 3.8) is 0 Å². The Balaban J connectivity index is 1.88. The smallest absolute Gasteiger partial charge is 0.261 e. The number of methoxy groups -OCH3 is 2. The van der Waals surface area contributed by atoms with E-state index in [1.165, 1.54) is 0 Å². The van der Waals surface area contributed by atoms with Gasteiger partial charge in [-0.25, -0.2) is 0 Å². The molecule has 112 valence electrons. The number of aromatic nitrogens is 2. The Hall–Kier alpha value is -2.12. The Morgan fingerprint density at radius 3 is 2.90 bits per heavy atom. The molecule has 1 aromatic carbocycles. The van der Waals surface area contributed by atoms with Crippen molar-refractivity contribution in [1.29, 1.82) is 0 Å². The van der Waals surface area contributed by atoms with Crippen LogP contribution in [0.25, 0.3) is 11.5 Å². The van der Waals surface area contributed by atoms with Crippen molar-refractivity contribution in [2.75, 3.05) is 34.0 Å². The zero-order chi connectivity index (χ0) is 14.7. The highest BCUT2D eigenvalue weighted by Gasteiger charge is 2.22. The molecule has 0 bridgehead atoms. The van der Waals surface area contributed by atoms with E-state index in [4.69, 9.17) is 18.7 Å².